The summed E-state index contributed by atoms with van der Waals surface area (Å²) in [6.45, 7) is 3.98. The number of esters is 5. The maximum Gasteiger partial charge on any atom is 0.383 e. The molecule has 52 heavy (non-hydrogen) atoms. The first-order valence-corrected chi connectivity index (χ1v) is 15.9. The highest BCUT2D eigenvalue weighted by molar-refractivity contribution is 5.93. The summed E-state index contributed by atoms with van der Waals surface area (Å²) in [6.07, 6.45) is -7.17. The van der Waals surface area contributed by atoms with E-state index in [4.69, 9.17) is 42.3 Å². The predicted octanol–water partition coefficient (Wildman–Crippen LogP) is 4.05. The molecule has 5 atom stereocenters. The Kier molecular flexibility index (Phi) is 11.9. The minimum absolute atomic E-state index is 0.000380. The van der Waals surface area contributed by atoms with E-state index in [1.54, 1.807) is 18.2 Å². The molecular formula is C37H34O15. The maximum absolute atomic E-state index is 13.4. The Morgan fingerprint density at radius 3 is 1.94 bits per heavy atom. The SMILES string of the molecule is CC(=O)OC[C@H]1O[C@@H](Oc2ccc3c(OCc4ccccc4)c(OC(=O)c4ccccc4)c(=O)oc3c2)[C@H](OC(C)=O)[C@@H](OC(C)=O)[C@H]1OC(C)=O. The third-order valence-electron chi connectivity index (χ3n) is 7.42. The van der Waals surface area contributed by atoms with E-state index in [2.05, 4.69) is 0 Å². The average molecular weight is 719 g/mol. The average Bonchev–Trinajstić information content (AvgIpc) is 3.10. The molecule has 1 aliphatic heterocycles. The summed E-state index contributed by atoms with van der Waals surface area (Å²) >= 11 is 0. The van der Waals surface area contributed by atoms with Crippen LogP contribution < -0.4 is 19.8 Å². The standard InChI is InChI=1S/C37H34O15/c1-20(38)44-19-29-31(46-21(2)39)32(47-22(3)40)34(48-23(4)41)37(51-29)49-26-15-16-27-28(17-26)50-36(43)33(52-35(42)25-13-9-6-10-14-25)30(27)45-18-24-11-7-5-8-12-24/h5-17,29,31-32,34,37H,18-19H2,1-4H3/t29-,31+,32+,34-,37-/m1/s1. The zero-order chi connectivity index (χ0) is 37.4. The van der Waals surface area contributed by atoms with E-state index in [1.807, 2.05) is 30.3 Å². The van der Waals surface area contributed by atoms with Crippen LogP contribution in [0.1, 0.15) is 43.6 Å². The van der Waals surface area contributed by atoms with Gasteiger partial charge in [-0.3, -0.25) is 19.2 Å². The van der Waals surface area contributed by atoms with Crippen LogP contribution in [0.5, 0.6) is 17.2 Å². The molecule has 4 aromatic rings. The van der Waals surface area contributed by atoms with Gasteiger partial charge in [0.1, 0.15) is 30.7 Å². The van der Waals surface area contributed by atoms with Crippen LogP contribution >= 0.6 is 0 Å². The first-order chi connectivity index (χ1) is 24.9. The lowest BCUT2D eigenvalue weighted by Crippen LogP contribution is -2.63. The Labute approximate surface area is 296 Å². The Morgan fingerprint density at radius 1 is 0.692 bits per heavy atom. The van der Waals surface area contributed by atoms with Gasteiger partial charge >= 0.3 is 35.5 Å². The van der Waals surface area contributed by atoms with Gasteiger partial charge in [-0.1, -0.05) is 48.5 Å². The van der Waals surface area contributed by atoms with E-state index in [9.17, 15) is 28.8 Å². The number of benzene rings is 3. The van der Waals surface area contributed by atoms with Crippen LogP contribution in [-0.2, 0) is 49.5 Å². The van der Waals surface area contributed by atoms with Crippen LogP contribution in [0, 0.1) is 0 Å². The molecule has 3 aromatic carbocycles. The van der Waals surface area contributed by atoms with Gasteiger partial charge in [-0.25, -0.2) is 9.59 Å². The molecule has 1 fully saturated rings. The molecule has 0 spiro atoms. The quantitative estimate of drug-likeness (QED) is 0.116. The Bertz CT molecular complexity index is 1990. The number of hydrogen-bond acceptors (Lipinski definition) is 15. The third-order valence-corrected chi connectivity index (χ3v) is 7.42. The van der Waals surface area contributed by atoms with Crippen LogP contribution in [0.2, 0.25) is 0 Å². The Hall–Kier alpha value is -6.22. The van der Waals surface area contributed by atoms with E-state index >= 15 is 0 Å². The first kappa shape index (κ1) is 37.0. The normalized spacial score (nSPS) is 19.5. The maximum atomic E-state index is 13.4. The van der Waals surface area contributed by atoms with Crippen molar-refractivity contribution in [3.8, 4) is 17.2 Å². The van der Waals surface area contributed by atoms with Gasteiger partial charge in [-0.2, -0.15) is 0 Å². The lowest BCUT2D eigenvalue weighted by molar-refractivity contribution is -0.288. The van der Waals surface area contributed by atoms with Gasteiger partial charge in [-0.05, 0) is 29.8 Å². The van der Waals surface area contributed by atoms with Gasteiger partial charge in [0.2, 0.25) is 12.4 Å². The molecule has 0 saturated carbocycles. The molecule has 0 amide bonds. The Balaban J connectivity index is 1.53. The number of hydrogen-bond donors (Lipinski definition) is 0. The molecule has 2 heterocycles. The second kappa shape index (κ2) is 16.7. The molecule has 5 rings (SSSR count). The first-order valence-electron chi connectivity index (χ1n) is 15.9. The van der Waals surface area contributed by atoms with E-state index in [1.165, 1.54) is 30.3 Å². The fourth-order valence-electron chi connectivity index (χ4n) is 5.31. The summed E-state index contributed by atoms with van der Waals surface area (Å²) in [4.78, 5) is 74.5. The summed E-state index contributed by atoms with van der Waals surface area (Å²) in [5.74, 6) is -4.49. The lowest BCUT2D eigenvalue weighted by Gasteiger charge is -2.43. The molecule has 0 N–H and O–H groups in total. The van der Waals surface area contributed by atoms with Crippen LogP contribution in [0.4, 0.5) is 0 Å². The molecule has 15 heteroatoms. The zero-order valence-electron chi connectivity index (χ0n) is 28.4. The van der Waals surface area contributed by atoms with Crippen molar-refractivity contribution in [3.05, 3.63) is 100 Å². The van der Waals surface area contributed by atoms with Crippen molar-refractivity contribution >= 4 is 40.8 Å². The van der Waals surface area contributed by atoms with Crippen molar-refractivity contribution in [1.29, 1.82) is 0 Å². The van der Waals surface area contributed by atoms with Crippen molar-refractivity contribution in [3.63, 3.8) is 0 Å². The monoisotopic (exact) mass is 718 g/mol. The van der Waals surface area contributed by atoms with Gasteiger partial charge in [0, 0.05) is 33.8 Å². The Morgan fingerprint density at radius 2 is 1.31 bits per heavy atom. The van der Waals surface area contributed by atoms with Crippen molar-refractivity contribution in [1.82, 2.24) is 0 Å². The minimum atomic E-state index is -1.55. The van der Waals surface area contributed by atoms with Gasteiger partial charge < -0.3 is 42.3 Å². The molecule has 272 valence electrons. The fraction of sp³-hybridized carbons (Fsp3) is 0.297. The minimum Gasteiger partial charge on any atom is -0.484 e. The van der Waals surface area contributed by atoms with E-state index < -0.39 is 78.5 Å². The van der Waals surface area contributed by atoms with Crippen LogP contribution in [0.15, 0.2) is 88.1 Å². The van der Waals surface area contributed by atoms with Gasteiger partial charge in [0.15, 0.2) is 18.0 Å². The highest BCUT2D eigenvalue weighted by Crippen LogP contribution is 2.37. The molecule has 15 nitrogen and oxygen atoms in total. The predicted molar refractivity (Wildman–Crippen MR) is 177 cm³/mol. The zero-order valence-corrected chi connectivity index (χ0v) is 28.4. The molecule has 0 aliphatic carbocycles. The molecular weight excluding hydrogens is 684 g/mol. The smallest absolute Gasteiger partial charge is 0.383 e. The van der Waals surface area contributed by atoms with Crippen LogP contribution in [0.3, 0.4) is 0 Å². The molecule has 1 saturated heterocycles. The summed E-state index contributed by atoms with van der Waals surface area (Å²) in [5.41, 5.74) is -0.155. The molecule has 1 aliphatic rings. The lowest BCUT2D eigenvalue weighted by atomic mass is 9.98. The highest BCUT2D eigenvalue weighted by Gasteiger charge is 2.53. The number of carbonyl (C=O) groups is 5. The van der Waals surface area contributed by atoms with Crippen molar-refractivity contribution < 1.29 is 66.3 Å². The van der Waals surface area contributed by atoms with E-state index in [-0.39, 0.29) is 34.6 Å². The third kappa shape index (κ3) is 9.31. The van der Waals surface area contributed by atoms with Crippen LogP contribution in [0.25, 0.3) is 11.0 Å². The van der Waals surface area contributed by atoms with Gasteiger partial charge in [-0.15, -0.1) is 0 Å². The molecule has 0 bridgehead atoms. The fourth-order valence-corrected chi connectivity index (χ4v) is 5.31. The second-order valence-electron chi connectivity index (χ2n) is 11.4. The van der Waals surface area contributed by atoms with E-state index in [0.29, 0.717) is 0 Å². The number of carbonyl (C=O) groups excluding carboxylic acids is 5. The van der Waals surface area contributed by atoms with Crippen molar-refractivity contribution in [2.24, 2.45) is 0 Å². The summed E-state index contributed by atoms with van der Waals surface area (Å²) in [5, 5.41) is 0.222. The summed E-state index contributed by atoms with van der Waals surface area (Å²) < 4.78 is 50.6. The molecule has 1 aromatic heterocycles. The molecule has 0 unspecified atom stereocenters. The number of ether oxygens (including phenoxy) is 8. The van der Waals surface area contributed by atoms with Crippen molar-refractivity contribution in [2.75, 3.05) is 6.61 Å². The van der Waals surface area contributed by atoms with Gasteiger partial charge in [0.25, 0.3) is 5.75 Å². The van der Waals surface area contributed by atoms with Gasteiger partial charge in [0.05, 0.1) is 10.9 Å². The highest BCUT2D eigenvalue weighted by atomic mass is 16.7. The van der Waals surface area contributed by atoms with E-state index in [0.717, 1.165) is 33.3 Å². The second-order valence-corrected chi connectivity index (χ2v) is 11.4. The van der Waals surface area contributed by atoms with Crippen LogP contribution in [-0.4, -0.2) is 67.2 Å². The number of fused-ring (bicyclic) bond motifs is 1. The summed E-state index contributed by atoms with van der Waals surface area (Å²) in [6, 6.07) is 21.3. The molecule has 0 radical (unpaired) electrons. The number of rotatable bonds is 12. The topological polar surface area (TPSA) is 189 Å². The largest absolute Gasteiger partial charge is 0.484 e. The summed E-state index contributed by atoms with van der Waals surface area (Å²) in [7, 11) is 0. The van der Waals surface area contributed by atoms with Crippen molar-refractivity contribution in [2.45, 2.75) is 65.0 Å².